The number of aryl methyl sites for hydroxylation is 6. The minimum Gasteiger partial charge on any atom is -0.399 e. The van der Waals surface area contributed by atoms with Crippen molar-refractivity contribution in [3.8, 4) is 0 Å². The smallest absolute Gasteiger partial charge is 0.269 e. The van der Waals surface area contributed by atoms with Crippen LogP contribution in [-0.4, -0.2) is 202 Å². The van der Waals surface area contributed by atoms with Gasteiger partial charge in [0, 0.05) is 161 Å². The van der Waals surface area contributed by atoms with Crippen LogP contribution in [0.25, 0.3) is 0 Å². The molecule has 1 aliphatic carbocycles. The predicted octanol–water partition coefficient (Wildman–Crippen LogP) is 16.2. The number of Topliss-reactive ketones (excluding diaryl/α,β-unsaturated/α-hetero) is 1. The Labute approximate surface area is 741 Å². The number of nitrogens with zero attached hydrogens (tertiary/aromatic N) is 10. The topological polar surface area (TPSA) is 344 Å². The van der Waals surface area contributed by atoms with E-state index >= 15 is 0 Å². The molecule has 7 heterocycles. The van der Waals surface area contributed by atoms with Crippen LogP contribution in [0.2, 0.25) is 0 Å². The number of carbonyl (C=O) groups is 6. The number of aliphatic hydroxyl groups is 1. The number of aliphatic imine (C=N–C) groups is 1. The molecule has 14 rings (SSSR count). The van der Waals surface area contributed by atoms with Gasteiger partial charge in [-0.2, -0.15) is 0 Å². The fraction of sp³-hybridized carbons (Fsp3) is 0.416. The van der Waals surface area contributed by atoms with Crippen molar-refractivity contribution in [3.05, 3.63) is 225 Å². The molecule has 26 nitrogen and oxygen atoms in total. The number of hydrogen-bond donors (Lipinski definition) is 6. The monoisotopic (exact) mass is 1830 g/mol. The summed E-state index contributed by atoms with van der Waals surface area (Å²) in [6, 6.07) is 44.9. The molecule has 0 unspecified atom stereocenters. The fourth-order valence-electron chi connectivity index (χ4n) is 13.1. The Balaban J connectivity index is 0.000000249. The molecule has 0 fully saturated rings. The van der Waals surface area contributed by atoms with Gasteiger partial charge in [0.05, 0.1) is 25.3 Å². The summed E-state index contributed by atoms with van der Waals surface area (Å²) in [6.07, 6.45) is 16.1. The Morgan fingerprint density at radius 2 is 0.908 bits per heavy atom. The molecule has 120 heavy (non-hydrogen) atoms. The molecule has 8 N–H and O–H groups in total. The van der Waals surface area contributed by atoms with Crippen LogP contribution in [0.3, 0.4) is 0 Å². The van der Waals surface area contributed by atoms with E-state index < -0.39 is 9.85 Å². The van der Waals surface area contributed by atoms with Crippen LogP contribution in [0.5, 0.6) is 0 Å². The number of nitrogen functional groups attached to an aromatic ring is 1. The summed E-state index contributed by atoms with van der Waals surface area (Å²) in [6.45, 7) is 7.44. The number of carbonyl (C=O) groups excluding carboxylic acids is 6. The van der Waals surface area contributed by atoms with Crippen molar-refractivity contribution in [3.63, 3.8) is 0 Å². The number of rotatable bonds is 16. The summed E-state index contributed by atoms with van der Waals surface area (Å²) in [7, 11) is 16.0. The van der Waals surface area contributed by atoms with E-state index in [4.69, 9.17) is 33.6 Å². The van der Waals surface area contributed by atoms with Gasteiger partial charge in [-0.3, -0.25) is 54.4 Å². The molecule has 6 aliphatic rings. The third kappa shape index (κ3) is 34.6. The first-order valence-electron chi connectivity index (χ1n) is 40.1. The van der Waals surface area contributed by atoms with Gasteiger partial charge in [0.15, 0.2) is 5.78 Å². The quantitative estimate of drug-likeness (QED) is 0.00995. The Hall–Kier alpha value is -9.35. The molecule has 31 heteroatoms. The van der Waals surface area contributed by atoms with Crippen molar-refractivity contribution in [2.24, 2.45) is 10.7 Å². The minimum absolute atomic E-state index is 0. The average molecular weight is 1830 g/mol. The molecule has 5 amide bonds. The zero-order valence-electron chi connectivity index (χ0n) is 70.8. The second-order valence-corrected chi connectivity index (χ2v) is 32.8. The zero-order chi connectivity index (χ0) is 86.9. The van der Waals surface area contributed by atoms with Crippen LogP contribution < -0.4 is 36.8 Å². The molecule has 8 aromatic rings. The molecular formula is C89H119ClIN15O11S3. The van der Waals surface area contributed by atoms with Gasteiger partial charge in [0.1, 0.15) is 10.9 Å². The number of likely N-dealkylation sites (N-methyl/N-ethyl adjacent to an activating group) is 3. The van der Waals surface area contributed by atoms with E-state index in [0.717, 1.165) is 170 Å². The first kappa shape index (κ1) is 101. The highest BCUT2D eigenvalue weighted by Gasteiger charge is 2.27. The molecule has 0 saturated heterocycles. The van der Waals surface area contributed by atoms with Gasteiger partial charge in [-0.15, -0.1) is 70.0 Å². The third-order valence-electron chi connectivity index (χ3n) is 19.3. The second-order valence-electron chi connectivity index (χ2n) is 29.7. The first-order valence-corrected chi connectivity index (χ1v) is 43.6. The maximum Gasteiger partial charge on any atom is 0.269 e. The van der Waals surface area contributed by atoms with Crippen LogP contribution in [0.1, 0.15) is 137 Å². The van der Waals surface area contributed by atoms with E-state index in [0.29, 0.717) is 80.4 Å². The molecule has 0 spiro atoms. The van der Waals surface area contributed by atoms with Gasteiger partial charge in [0.25, 0.3) is 11.4 Å². The summed E-state index contributed by atoms with van der Waals surface area (Å²) < 4.78 is 0. The summed E-state index contributed by atoms with van der Waals surface area (Å²) in [5, 5.41) is 46.6. The fourth-order valence-corrected chi connectivity index (χ4v) is 15.3. The number of nitro groups is 2. The van der Waals surface area contributed by atoms with Crippen LogP contribution in [0.15, 0.2) is 161 Å². The molecule has 5 aliphatic heterocycles. The lowest BCUT2D eigenvalue weighted by molar-refractivity contribution is -0.385. The van der Waals surface area contributed by atoms with E-state index in [9.17, 15) is 49.0 Å². The van der Waals surface area contributed by atoms with Crippen molar-refractivity contribution < 1.29 is 43.7 Å². The van der Waals surface area contributed by atoms with Crippen molar-refractivity contribution in [2.75, 3.05) is 152 Å². The number of nitrogens with one attached hydrogen (secondary N) is 3. The number of thioether (sulfide) groups is 1. The third-order valence-corrected chi connectivity index (χ3v) is 22.0. The number of nitro benzene ring substituents is 2. The van der Waals surface area contributed by atoms with E-state index in [1.165, 1.54) is 52.2 Å². The number of para-hydroxylation sites is 1. The Bertz CT molecular complexity index is 4650. The van der Waals surface area contributed by atoms with Gasteiger partial charge in [0.2, 0.25) is 29.5 Å². The summed E-state index contributed by atoms with van der Waals surface area (Å²) in [5.41, 5.74) is 25.8. The number of alkyl halides is 1. The number of nitrogens with two attached hydrogens (primary N) is 2. The maximum absolute atomic E-state index is 12.5. The Morgan fingerprint density at radius 1 is 0.508 bits per heavy atom. The lowest BCUT2D eigenvalue weighted by Gasteiger charge is -2.25. The summed E-state index contributed by atoms with van der Waals surface area (Å²) in [5.74, 6) is 2.21. The van der Waals surface area contributed by atoms with E-state index in [1.54, 1.807) is 52.7 Å². The molecule has 0 saturated carbocycles. The van der Waals surface area contributed by atoms with Crippen molar-refractivity contribution in [1.29, 1.82) is 5.41 Å². The van der Waals surface area contributed by atoms with Gasteiger partial charge < -0.3 is 61.5 Å². The lowest BCUT2D eigenvalue weighted by atomic mass is 9.91. The van der Waals surface area contributed by atoms with Crippen molar-refractivity contribution in [1.82, 2.24) is 19.6 Å². The van der Waals surface area contributed by atoms with Gasteiger partial charge in [-0.1, -0.05) is 54.6 Å². The number of amides is 5. The molecule has 6 aromatic carbocycles. The Morgan fingerprint density at radius 3 is 1.38 bits per heavy atom. The first-order chi connectivity index (χ1) is 57.0. The number of amidine groups is 1. The molecule has 0 bridgehead atoms. The highest BCUT2D eigenvalue weighted by molar-refractivity contribution is 14.0. The zero-order valence-corrected chi connectivity index (χ0v) is 76.3. The highest BCUT2D eigenvalue weighted by atomic mass is 127. The average Bonchev–Trinajstić information content (AvgIpc) is 1.62. The predicted molar refractivity (Wildman–Crippen MR) is 505 cm³/mol. The van der Waals surface area contributed by atoms with Crippen LogP contribution >= 0.6 is 70.0 Å². The van der Waals surface area contributed by atoms with Gasteiger partial charge in [-0.25, -0.2) is 4.99 Å². The summed E-state index contributed by atoms with van der Waals surface area (Å²) >= 11 is 10.0. The van der Waals surface area contributed by atoms with E-state index in [1.807, 2.05) is 190 Å². The Kier molecular flexibility index (Phi) is 45.6. The number of halogens is 2. The molecular weight excluding hydrogens is 1710 g/mol. The maximum atomic E-state index is 12.5. The number of non-ortho nitro benzene ring substituents is 2. The lowest BCUT2D eigenvalue weighted by Crippen LogP contribution is -2.36. The van der Waals surface area contributed by atoms with Crippen molar-refractivity contribution in [2.45, 2.75) is 122 Å². The number of fused-ring (bicyclic) bond motifs is 6. The number of benzene rings is 6. The van der Waals surface area contributed by atoms with E-state index in [-0.39, 0.29) is 71.5 Å². The van der Waals surface area contributed by atoms with Crippen LogP contribution in [0.4, 0.5) is 51.2 Å². The van der Waals surface area contributed by atoms with Crippen LogP contribution in [-0.2, 0) is 62.5 Å². The number of ketones is 1. The van der Waals surface area contributed by atoms with Gasteiger partial charge >= 0.3 is 0 Å². The largest absolute Gasteiger partial charge is 0.399 e. The molecule has 0 atom stereocenters. The number of thiophene rings is 2. The second kappa shape index (κ2) is 54.1. The van der Waals surface area contributed by atoms with Crippen LogP contribution in [0, 0.1) is 25.6 Å². The van der Waals surface area contributed by atoms with Crippen molar-refractivity contribution >= 4 is 167 Å². The number of aliphatic hydroxyl groups excluding tert-OH is 1. The molecule has 0 radical (unpaired) electrons. The molecule has 648 valence electrons. The number of anilines is 6. The highest BCUT2D eigenvalue weighted by Crippen LogP contribution is 2.34. The number of hydrogen-bond acceptors (Lipinski definition) is 21. The normalized spacial score (nSPS) is 14.4. The van der Waals surface area contributed by atoms with Gasteiger partial charge in [-0.05, 0) is 257 Å². The van der Waals surface area contributed by atoms with E-state index in [2.05, 4.69) is 37.6 Å². The minimum atomic E-state index is -0.424. The SMILES string of the molecule is CCO.CN(C)CCCl.CN(C)CCN1C(=O)CCCc2cc(N)ccc21.CN(C)CCN1C(=O)CCCc2cc(N=C(N)c3cccs3)ccc21.CN(C)CCN1C(=O)CCCc2cc([N+](=O)[O-])ccc21.CSC(=N)c1cccs1.I.O=C1CCCc2cc([N+](=O)[O-])ccc2N1.O=C1CCCc2ccccc21.O=C1CCCc2ccccc2N1. The standard InChI is InChI=1S/C19H24N4OS.C14H19N3O3.C14H21N3O.C10H10N2O3.C10H11NO.C10H10O.C6H7NS2.C4H10ClN.C2H6O.HI/c1-22(2)10-11-23-16-9-8-15(13-14(16)5-3-7-18(23)24)21-19(20)17-6-4-12-25-17;1-15(2)8-9-16-13-7-6-12(17(19)20)10-11(13)4-3-5-14(16)18;1-16(2)8-9-17-13-7-6-12(15)10-11(13)4-3-5-14(17)18;13-10-3-1-2-7-6-8(12(14)15)4-5-9(7)11-10;12-10-7-3-5-8-4-1-2-6-9(8)11-10;11-10-7-3-5-8-4-1-2-6-9(8)10;1-8-6(7)5-3-2-4-9-5;1-6(2)4-3-5;1-2-3;/h4,6,8-9,12-13H,3,5,7,10-11H2,1-2H3,(H2,20,21);6-7,10H,3-5,8-9H2,1-2H3;6-7,10H,3-5,8-9,15H2,1-2H3;4-6H,1-3H2,(H,11,13);1-2,4,6H,3,5,7H2,(H,11,12);1-2,4,6H,3,5,7H2;2-4,7H,1H3;3-4H2,1-2H3;3H,2H2,1H3;1H. The molecule has 2 aromatic heterocycles. The summed E-state index contributed by atoms with van der Waals surface area (Å²) in [4.78, 5) is 111.